The summed E-state index contributed by atoms with van der Waals surface area (Å²) in [6.45, 7) is 0.449. The molecule has 19 heavy (non-hydrogen) atoms. The minimum atomic E-state index is -0.256. The Labute approximate surface area is 113 Å². The highest BCUT2D eigenvalue weighted by molar-refractivity contribution is 8.00. The Balaban J connectivity index is 1.85. The summed E-state index contributed by atoms with van der Waals surface area (Å²) < 4.78 is 6.27. The van der Waals surface area contributed by atoms with Gasteiger partial charge in [0.25, 0.3) is 0 Å². The molecule has 0 bridgehead atoms. The smallest absolute Gasteiger partial charge is 0.319 e. The number of carbonyl (C=O) groups excluding carboxylic acids is 1. The van der Waals surface area contributed by atoms with Crippen LogP contribution in [-0.4, -0.2) is 37.7 Å². The molecule has 1 unspecified atom stereocenters. The highest BCUT2D eigenvalue weighted by Gasteiger charge is 2.29. The first-order valence-electron chi connectivity index (χ1n) is 5.70. The van der Waals surface area contributed by atoms with E-state index in [0.717, 1.165) is 5.56 Å². The molecule has 98 valence electrons. The van der Waals surface area contributed by atoms with Gasteiger partial charge in [0.05, 0.1) is 6.61 Å². The van der Waals surface area contributed by atoms with E-state index in [0.29, 0.717) is 24.0 Å². The van der Waals surface area contributed by atoms with E-state index in [1.807, 2.05) is 6.07 Å². The Hall–Kier alpha value is -2.09. The molecular weight excluding hydrogens is 266 g/mol. The molecule has 0 aliphatic carbocycles. The molecule has 1 aliphatic rings. The summed E-state index contributed by atoms with van der Waals surface area (Å²) in [6, 6.07) is 3.64. The van der Waals surface area contributed by atoms with Gasteiger partial charge in [-0.1, -0.05) is 11.8 Å². The molecule has 0 spiro atoms. The number of esters is 1. The van der Waals surface area contributed by atoms with Gasteiger partial charge in [-0.05, 0) is 12.1 Å². The van der Waals surface area contributed by atoms with Crippen molar-refractivity contribution in [2.45, 2.75) is 16.8 Å². The fourth-order valence-corrected chi connectivity index (χ4v) is 2.68. The van der Waals surface area contributed by atoms with Crippen LogP contribution in [0, 0.1) is 0 Å². The van der Waals surface area contributed by atoms with Gasteiger partial charge in [0, 0.05) is 24.4 Å². The molecule has 0 aromatic carbocycles. The van der Waals surface area contributed by atoms with Crippen LogP contribution in [-0.2, 0) is 9.53 Å². The number of ether oxygens (including phenoxy) is 1. The second kappa shape index (κ2) is 4.88. The Kier molecular flexibility index (Phi) is 3.08. The van der Waals surface area contributed by atoms with Gasteiger partial charge in [0.15, 0.2) is 5.82 Å². The number of carbonyl (C=O) groups is 1. The lowest BCUT2D eigenvalue weighted by molar-refractivity contribution is -0.137. The van der Waals surface area contributed by atoms with E-state index in [1.165, 1.54) is 16.4 Å². The maximum atomic E-state index is 11.4. The first-order chi connectivity index (χ1) is 9.25. The monoisotopic (exact) mass is 277 g/mol. The lowest BCUT2D eigenvalue weighted by atomic mass is 10.3. The third kappa shape index (κ3) is 2.26. The molecule has 1 atom stereocenters. The molecule has 3 heterocycles. The van der Waals surface area contributed by atoms with Crippen molar-refractivity contribution in [3.05, 3.63) is 24.5 Å². The van der Waals surface area contributed by atoms with Crippen molar-refractivity contribution < 1.29 is 9.53 Å². The molecule has 2 N–H and O–H groups in total. The SMILES string of the molecule is Nn1c(SC2CCOC2=O)nnc1-c1cccnc1. The van der Waals surface area contributed by atoms with Gasteiger partial charge < -0.3 is 10.6 Å². The number of thioether (sulfide) groups is 1. The molecular formula is C11H11N5O2S. The van der Waals surface area contributed by atoms with Crippen molar-refractivity contribution in [2.75, 3.05) is 12.4 Å². The molecule has 7 nitrogen and oxygen atoms in total. The van der Waals surface area contributed by atoms with Crippen molar-refractivity contribution in [1.82, 2.24) is 19.9 Å². The number of nitrogens with two attached hydrogens (primary N) is 1. The van der Waals surface area contributed by atoms with Crippen molar-refractivity contribution in [2.24, 2.45) is 0 Å². The number of cyclic esters (lactones) is 1. The molecule has 0 radical (unpaired) electrons. The minimum Gasteiger partial charge on any atom is -0.465 e. The van der Waals surface area contributed by atoms with Gasteiger partial charge in [0.2, 0.25) is 5.16 Å². The van der Waals surface area contributed by atoms with E-state index < -0.39 is 0 Å². The van der Waals surface area contributed by atoms with Crippen molar-refractivity contribution in [1.29, 1.82) is 0 Å². The number of nitrogen functional groups attached to an aromatic ring is 1. The van der Waals surface area contributed by atoms with Crippen LogP contribution in [0.5, 0.6) is 0 Å². The van der Waals surface area contributed by atoms with Crippen LogP contribution < -0.4 is 5.84 Å². The fourth-order valence-electron chi connectivity index (χ4n) is 1.76. The van der Waals surface area contributed by atoms with Crippen molar-refractivity contribution >= 4 is 17.7 Å². The lowest BCUT2D eigenvalue weighted by Gasteiger charge is -2.05. The third-order valence-corrected chi connectivity index (χ3v) is 3.92. The van der Waals surface area contributed by atoms with E-state index in [1.54, 1.807) is 18.5 Å². The van der Waals surface area contributed by atoms with Gasteiger partial charge in [0.1, 0.15) is 5.25 Å². The Morgan fingerprint density at radius 1 is 1.47 bits per heavy atom. The average Bonchev–Trinajstić information content (AvgIpc) is 2.99. The largest absolute Gasteiger partial charge is 0.465 e. The summed E-state index contributed by atoms with van der Waals surface area (Å²) in [5.41, 5.74) is 0.776. The fraction of sp³-hybridized carbons (Fsp3) is 0.273. The Bertz CT molecular complexity index is 600. The maximum Gasteiger partial charge on any atom is 0.319 e. The summed E-state index contributed by atoms with van der Waals surface area (Å²) >= 11 is 1.27. The van der Waals surface area contributed by atoms with E-state index >= 15 is 0 Å². The number of hydrogen-bond donors (Lipinski definition) is 1. The normalized spacial score (nSPS) is 18.5. The number of aromatic nitrogens is 4. The van der Waals surface area contributed by atoms with Crippen LogP contribution in [0.15, 0.2) is 29.7 Å². The number of pyridine rings is 1. The molecule has 1 aliphatic heterocycles. The van der Waals surface area contributed by atoms with E-state index in [2.05, 4.69) is 15.2 Å². The standard InChI is InChI=1S/C11H11N5O2S/c12-16-9(7-2-1-4-13-6-7)14-15-11(16)19-8-3-5-18-10(8)17/h1-2,4,6,8H,3,5,12H2. The number of hydrogen-bond acceptors (Lipinski definition) is 7. The van der Waals surface area contributed by atoms with Gasteiger partial charge in [-0.2, -0.15) is 0 Å². The van der Waals surface area contributed by atoms with E-state index in [4.69, 9.17) is 10.6 Å². The topological polar surface area (TPSA) is 95.9 Å². The highest BCUT2D eigenvalue weighted by atomic mass is 32.2. The minimum absolute atomic E-state index is 0.226. The first kappa shape index (κ1) is 12.0. The van der Waals surface area contributed by atoms with Crippen molar-refractivity contribution in [3.8, 4) is 11.4 Å². The zero-order valence-corrected chi connectivity index (χ0v) is 10.7. The van der Waals surface area contributed by atoms with Gasteiger partial charge in [-0.25, -0.2) is 4.68 Å². The second-order valence-corrected chi connectivity index (χ2v) is 5.15. The molecule has 3 rings (SSSR count). The molecule has 0 amide bonds. The summed E-state index contributed by atoms with van der Waals surface area (Å²) in [5.74, 6) is 6.24. The molecule has 1 saturated heterocycles. The number of nitrogens with zero attached hydrogens (tertiary/aromatic N) is 4. The molecule has 1 fully saturated rings. The van der Waals surface area contributed by atoms with Gasteiger partial charge in [-0.3, -0.25) is 9.78 Å². The molecule has 2 aromatic rings. The van der Waals surface area contributed by atoms with Crippen LogP contribution in [0.25, 0.3) is 11.4 Å². The predicted molar refractivity (Wildman–Crippen MR) is 68.6 cm³/mol. The van der Waals surface area contributed by atoms with Crippen LogP contribution in [0.3, 0.4) is 0 Å². The quantitative estimate of drug-likeness (QED) is 0.643. The maximum absolute atomic E-state index is 11.4. The Morgan fingerprint density at radius 2 is 2.37 bits per heavy atom. The van der Waals surface area contributed by atoms with E-state index in [-0.39, 0.29) is 11.2 Å². The number of rotatable bonds is 3. The zero-order chi connectivity index (χ0) is 13.2. The molecule has 2 aromatic heterocycles. The van der Waals surface area contributed by atoms with Crippen molar-refractivity contribution in [3.63, 3.8) is 0 Å². The van der Waals surface area contributed by atoms with Crippen LogP contribution in [0.4, 0.5) is 0 Å². The predicted octanol–water partition coefficient (Wildman–Crippen LogP) is 0.461. The second-order valence-electron chi connectivity index (χ2n) is 3.98. The molecule has 0 saturated carbocycles. The molecule has 8 heteroatoms. The summed E-state index contributed by atoms with van der Waals surface area (Å²) in [5, 5.41) is 8.27. The van der Waals surface area contributed by atoms with Crippen LogP contribution >= 0.6 is 11.8 Å². The van der Waals surface area contributed by atoms with E-state index in [9.17, 15) is 4.79 Å². The highest BCUT2D eigenvalue weighted by Crippen LogP contribution is 2.29. The first-order valence-corrected chi connectivity index (χ1v) is 6.58. The average molecular weight is 277 g/mol. The van der Waals surface area contributed by atoms with Gasteiger partial charge >= 0.3 is 5.97 Å². The summed E-state index contributed by atoms with van der Waals surface area (Å²) in [7, 11) is 0. The van der Waals surface area contributed by atoms with Gasteiger partial charge in [-0.15, -0.1) is 10.2 Å². The van der Waals surface area contributed by atoms with Crippen LogP contribution in [0.1, 0.15) is 6.42 Å². The third-order valence-electron chi connectivity index (χ3n) is 2.72. The summed E-state index contributed by atoms with van der Waals surface area (Å²) in [6.07, 6.45) is 4.00. The zero-order valence-electron chi connectivity index (χ0n) is 9.89. The lowest BCUT2D eigenvalue weighted by Crippen LogP contribution is -2.15. The summed E-state index contributed by atoms with van der Waals surface area (Å²) in [4.78, 5) is 15.4. The van der Waals surface area contributed by atoms with Crippen LogP contribution in [0.2, 0.25) is 0 Å². The Morgan fingerprint density at radius 3 is 3.05 bits per heavy atom.